The van der Waals surface area contributed by atoms with E-state index in [1.165, 1.54) is 6.07 Å². The van der Waals surface area contributed by atoms with E-state index >= 15 is 0 Å². The van der Waals surface area contributed by atoms with Crippen LogP contribution in [-0.2, 0) is 14.9 Å². The fourth-order valence-electron chi connectivity index (χ4n) is 2.79. The third kappa shape index (κ3) is 5.45. The molecule has 7 heteroatoms. The molecule has 0 aliphatic rings. The Hall–Kier alpha value is -3.74. The highest BCUT2D eigenvalue weighted by Gasteiger charge is 2.22. The zero-order chi connectivity index (χ0) is 22.6. The van der Waals surface area contributed by atoms with Crippen LogP contribution >= 0.6 is 0 Å². The van der Waals surface area contributed by atoms with Gasteiger partial charge in [0.15, 0.2) is 12.4 Å². The lowest BCUT2D eigenvalue weighted by atomic mass is 9.92. The van der Waals surface area contributed by atoms with Crippen LogP contribution in [0.5, 0.6) is 0 Å². The van der Waals surface area contributed by atoms with Crippen molar-refractivity contribution in [2.45, 2.75) is 33.1 Å². The van der Waals surface area contributed by atoms with E-state index < -0.39 is 18.5 Å². The molecule has 160 valence electrons. The topological polar surface area (TPSA) is 98.5 Å². The van der Waals surface area contributed by atoms with Crippen LogP contribution in [0.4, 0.5) is 5.88 Å². The Morgan fingerprint density at radius 3 is 2.26 bits per heavy atom. The molecular weight excluding hydrogens is 396 g/mol. The van der Waals surface area contributed by atoms with Crippen LogP contribution in [0.1, 0.15) is 58.3 Å². The molecule has 1 aromatic heterocycles. The molecule has 0 unspecified atom stereocenters. The third-order valence-corrected chi connectivity index (χ3v) is 4.58. The van der Waals surface area contributed by atoms with E-state index in [-0.39, 0.29) is 28.2 Å². The summed E-state index contributed by atoms with van der Waals surface area (Å²) in [6.07, 6.45) is 0. The van der Waals surface area contributed by atoms with Gasteiger partial charge in [-0.15, -0.1) is 0 Å². The van der Waals surface area contributed by atoms with Crippen LogP contribution in [0, 0.1) is 6.92 Å². The lowest BCUT2D eigenvalue weighted by Crippen LogP contribution is -2.22. The number of esters is 1. The van der Waals surface area contributed by atoms with E-state index in [4.69, 9.17) is 9.26 Å². The maximum atomic E-state index is 12.8. The van der Waals surface area contributed by atoms with E-state index in [9.17, 15) is 14.4 Å². The van der Waals surface area contributed by atoms with Gasteiger partial charge in [-0.3, -0.25) is 14.9 Å². The zero-order valence-corrected chi connectivity index (χ0v) is 17.9. The second-order valence-electron chi connectivity index (χ2n) is 8.19. The van der Waals surface area contributed by atoms with Gasteiger partial charge in [0.25, 0.3) is 5.91 Å². The first kappa shape index (κ1) is 22.0. The summed E-state index contributed by atoms with van der Waals surface area (Å²) in [7, 11) is 0. The minimum absolute atomic E-state index is 0.0931. The van der Waals surface area contributed by atoms with Gasteiger partial charge in [-0.05, 0) is 13.0 Å². The van der Waals surface area contributed by atoms with Crippen molar-refractivity contribution in [3.8, 4) is 0 Å². The van der Waals surface area contributed by atoms with E-state index in [0.29, 0.717) is 11.3 Å². The highest BCUT2D eigenvalue weighted by molar-refractivity contribution is 6.14. The molecule has 1 heterocycles. The average Bonchev–Trinajstić information content (AvgIpc) is 3.21. The van der Waals surface area contributed by atoms with Crippen molar-refractivity contribution in [2.24, 2.45) is 0 Å². The molecule has 0 bridgehead atoms. The summed E-state index contributed by atoms with van der Waals surface area (Å²) < 4.78 is 10.2. The molecule has 7 nitrogen and oxygen atoms in total. The van der Waals surface area contributed by atoms with E-state index in [2.05, 4.69) is 10.5 Å². The lowest BCUT2D eigenvalue weighted by Gasteiger charge is -2.12. The fourth-order valence-corrected chi connectivity index (χ4v) is 2.79. The first-order valence-electron chi connectivity index (χ1n) is 9.80. The smallest absolute Gasteiger partial charge is 0.339 e. The van der Waals surface area contributed by atoms with Crippen molar-refractivity contribution in [3.05, 3.63) is 82.5 Å². The quantitative estimate of drug-likeness (QED) is 0.471. The summed E-state index contributed by atoms with van der Waals surface area (Å²) >= 11 is 0. The number of hydrogen-bond donors (Lipinski definition) is 1. The third-order valence-electron chi connectivity index (χ3n) is 4.58. The van der Waals surface area contributed by atoms with Crippen molar-refractivity contribution < 1.29 is 23.6 Å². The number of benzene rings is 2. The lowest BCUT2D eigenvalue weighted by molar-refractivity contribution is -0.119. The summed E-state index contributed by atoms with van der Waals surface area (Å²) in [5, 5.41) is 6.41. The van der Waals surface area contributed by atoms with Gasteiger partial charge < -0.3 is 9.26 Å². The second-order valence-corrected chi connectivity index (χ2v) is 8.19. The van der Waals surface area contributed by atoms with Crippen LogP contribution in [-0.4, -0.2) is 29.4 Å². The summed E-state index contributed by atoms with van der Waals surface area (Å²) in [5.74, 6) is -1.47. The van der Waals surface area contributed by atoms with Crippen LogP contribution in [0.2, 0.25) is 0 Å². The molecule has 0 atom stereocenters. The molecule has 3 rings (SSSR count). The van der Waals surface area contributed by atoms with Crippen LogP contribution in [0.15, 0.2) is 59.1 Å². The Balaban J connectivity index is 1.66. The summed E-state index contributed by atoms with van der Waals surface area (Å²) in [6.45, 7) is 7.29. The number of rotatable bonds is 6. The number of aryl methyl sites for hydroxylation is 1. The number of ketones is 1. The largest absolute Gasteiger partial charge is 0.452 e. The maximum absolute atomic E-state index is 12.8. The van der Waals surface area contributed by atoms with Crippen molar-refractivity contribution in [3.63, 3.8) is 0 Å². The normalized spacial score (nSPS) is 11.1. The van der Waals surface area contributed by atoms with E-state index in [1.54, 1.807) is 36.4 Å². The molecule has 1 N–H and O–H groups in total. The molecule has 0 fully saturated rings. The number of amides is 1. The standard InChI is InChI=1S/C24H24N2O5/c1-15-9-11-16(12-10-15)22(28)17-7-5-6-8-18(17)23(29)30-14-20(27)25-21-13-19(26-31-21)24(2,3)4/h5-13H,14H2,1-4H3,(H,25,27). The molecule has 1 amide bonds. The summed E-state index contributed by atoms with van der Waals surface area (Å²) in [4.78, 5) is 37.5. The zero-order valence-electron chi connectivity index (χ0n) is 17.9. The fraction of sp³-hybridized carbons (Fsp3) is 0.250. The summed E-state index contributed by atoms with van der Waals surface area (Å²) in [5.41, 5.74) is 2.24. The molecule has 31 heavy (non-hydrogen) atoms. The minimum atomic E-state index is -0.765. The second kappa shape index (κ2) is 8.95. The predicted molar refractivity (Wildman–Crippen MR) is 115 cm³/mol. The molecule has 0 saturated heterocycles. The average molecular weight is 420 g/mol. The van der Waals surface area contributed by atoms with Crippen LogP contribution in [0.25, 0.3) is 0 Å². The van der Waals surface area contributed by atoms with Gasteiger partial charge in [-0.1, -0.05) is 74.0 Å². The van der Waals surface area contributed by atoms with E-state index in [0.717, 1.165) is 5.56 Å². The van der Waals surface area contributed by atoms with Crippen molar-refractivity contribution in [2.75, 3.05) is 11.9 Å². The van der Waals surface area contributed by atoms with Gasteiger partial charge in [-0.2, -0.15) is 0 Å². The Morgan fingerprint density at radius 2 is 1.65 bits per heavy atom. The highest BCUT2D eigenvalue weighted by atomic mass is 16.5. The Labute approximate surface area is 180 Å². The molecule has 0 aliphatic heterocycles. The Bertz CT molecular complexity index is 1110. The molecule has 3 aromatic rings. The molecule has 0 aliphatic carbocycles. The number of anilines is 1. The predicted octanol–water partition coefficient (Wildman–Crippen LogP) is 4.31. The molecule has 0 saturated carbocycles. The number of aromatic nitrogens is 1. The number of nitrogens with one attached hydrogen (secondary N) is 1. The van der Waals surface area contributed by atoms with Crippen LogP contribution < -0.4 is 5.32 Å². The molecule has 2 aromatic carbocycles. The SMILES string of the molecule is Cc1ccc(C(=O)c2ccccc2C(=O)OCC(=O)Nc2cc(C(C)(C)C)no2)cc1. The van der Waals surface area contributed by atoms with Gasteiger partial charge in [0, 0.05) is 22.6 Å². The number of nitrogens with zero attached hydrogens (tertiary/aromatic N) is 1. The number of hydrogen-bond acceptors (Lipinski definition) is 6. The Morgan fingerprint density at radius 1 is 1.00 bits per heavy atom. The van der Waals surface area contributed by atoms with E-state index in [1.807, 2.05) is 39.8 Å². The number of carbonyl (C=O) groups excluding carboxylic acids is 3. The monoisotopic (exact) mass is 420 g/mol. The maximum Gasteiger partial charge on any atom is 0.339 e. The Kier molecular flexibility index (Phi) is 6.34. The molecular formula is C24H24N2O5. The molecule has 0 spiro atoms. The number of ether oxygens (including phenoxy) is 1. The van der Waals surface area contributed by atoms with Gasteiger partial charge in [0.05, 0.1) is 11.3 Å². The summed E-state index contributed by atoms with van der Waals surface area (Å²) in [6, 6.07) is 15.0. The van der Waals surface area contributed by atoms with Gasteiger partial charge in [-0.25, -0.2) is 4.79 Å². The van der Waals surface area contributed by atoms with Crippen LogP contribution in [0.3, 0.4) is 0 Å². The van der Waals surface area contributed by atoms with Crippen molar-refractivity contribution in [1.82, 2.24) is 5.16 Å². The van der Waals surface area contributed by atoms with Crippen molar-refractivity contribution in [1.29, 1.82) is 0 Å². The van der Waals surface area contributed by atoms with Gasteiger partial charge >= 0.3 is 5.97 Å². The first-order valence-corrected chi connectivity index (χ1v) is 9.80. The van der Waals surface area contributed by atoms with Gasteiger partial charge in [0.1, 0.15) is 0 Å². The minimum Gasteiger partial charge on any atom is -0.452 e. The highest BCUT2D eigenvalue weighted by Crippen LogP contribution is 2.23. The first-order chi connectivity index (χ1) is 14.6. The van der Waals surface area contributed by atoms with Gasteiger partial charge in [0.2, 0.25) is 5.88 Å². The van der Waals surface area contributed by atoms with Crippen molar-refractivity contribution >= 4 is 23.5 Å². The number of carbonyl (C=O) groups is 3. The molecule has 0 radical (unpaired) electrons.